The molecule has 0 bridgehead atoms. The van der Waals surface area contributed by atoms with Gasteiger partial charge < -0.3 is 5.11 Å². The average molecular weight is 187 g/mol. The van der Waals surface area contributed by atoms with Crippen LogP contribution in [-0.4, -0.2) is 21.0 Å². The van der Waals surface area contributed by atoms with E-state index in [9.17, 15) is 4.79 Å². The zero-order chi connectivity index (χ0) is 8.97. The molecule has 0 saturated carbocycles. The van der Waals surface area contributed by atoms with Crippen molar-refractivity contribution in [3.05, 3.63) is 23.2 Å². The van der Waals surface area contributed by atoms with E-state index in [-0.39, 0.29) is 6.42 Å². The third kappa shape index (κ3) is 2.47. The first-order chi connectivity index (χ1) is 5.70. The minimum absolute atomic E-state index is 0.0487. The first kappa shape index (κ1) is 8.93. The second kappa shape index (κ2) is 4.01. The van der Waals surface area contributed by atoms with Crippen LogP contribution in [0.4, 0.5) is 0 Å². The fraction of sp³-hybridized carbons (Fsp3) is 0.286. The molecular weight excluding hydrogens is 180 g/mol. The van der Waals surface area contributed by atoms with Crippen LogP contribution in [0.25, 0.3) is 0 Å². The van der Waals surface area contributed by atoms with Crippen molar-refractivity contribution in [2.75, 3.05) is 0 Å². The third-order valence-corrected chi connectivity index (χ3v) is 1.68. The molecule has 0 atom stereocenters. The van der Waals surface area contributed by atoms with Crippen molar-refractivity contribution in [1.82, 2.24) is 9.97 Å². The SMILES string of the molecule is O=C(O)CCc1cncnc1Cl. The zero-order valence-corrected chi connectivity index (χ0v) is 6.95. The summed E-state index contributed by atoms with van der Waals surface area (Å²) in [6.45, 7) is 0. The highest BCUT2D eigenvalue weighted by atomic mass is 35.5. The Hall–Kier alpha value is -1.16. The highest BCUT2D eigenvalue weighted by Gasteiger charge is 2.03. The first-order valence-electron chi connectivity index (χ1n) is 3.36. The first-order valence-corrected chi connectivity index (χ1v) is 3.74. The number of hydrogen-bond donors (Lipinski definition) is 1. The molecule has 0 saturated heterocycles. The number of carboxylic acids is 1. The Kier molecular flexibility index (Phi) is 2.99. The summed E-state index contributed by atoms with van der Waals surface area (Å²) in [6, 6.07) is 0. The summed E-state index contributed by atoms with van der Waals surface area (Å²) >= 11 is 5.66. The van der Waals surface area contributed by atoms with Gasteiger partial charge in [-0.1, -0.05) is 11.6 Å². The fourth-order valence-electron chi connectivity index (χ4n) is 0.753. The van der Waals surface area contributed by atoms with Crippen LogP contribution in [0.3, 0.4) is 0 Å². The Balaban J connectivity index is 2.63. The topological polar surface area (TPSA) is 63.1 Å². The predicted octanol–water partition coefficient (Wildman–Crippen LogP) is 1.15. The van der Waals surface area contributed by atoms with Crippen molar-refractivity contribution in [2.45, 2.75) is 12.8 Å². The molecule has 1 rings (SSSR count). The van der Waals surface area contributed by atoms with E-state index in [2.05, 4.69) is 9.97 Å². The Morgan fingerprint density at radius 3 is 3.00 bits per heavy atom. The summed E-state index contributed by atoms with van der Waals surface area (Å²) < 4.78 is 0. The van der Waals surface area contributed by atoms with Crippen molar-refractivity contribution >= 4 is 17.6 Å². The summed E-state index contributed by atoms with van der Waals surface area (Å²) in [5.41, 5.74) is 0.668. The number of aromatic nitrogens is 2. The monoisotopic (exact) mass is 186 g/mol. The number of aryl methyl sites for hydroxylation is 1. The van der Waals surface area contributed by atoms with Crippen LogP contribution in [0.1, 0.15) is 12.0 Å². The second-order valence-electron chi connectivity index (χ2n) is 2.23. The van der Waals surface area contributed by atoms with E-state index in [0.717, 1.165) is 0 Å². The van der Waals surface area contributed by atoms with Gasteiger partial charge in [0.2, 0.25) is 0 Å². The minimum atomic E-state index is -0.852. The molecule has 4 nitrogen and oxygen atoms in total. The van der Waals surface area contributed by atoms with Crippen LogP contribution in [0.15, 0.2) is 12.5 Å². The zero-order valence-electron chi connectivity index (χ0n) is 6.20. The molecule has 0 aliphatic heterocycles. The van der Waals surface area contributed by atoms with Gasteiger partial charge in [-0.25, -0.2) is 9.97 Å². The lowest BCUT2D eigenvalue weighted by Gasteiger charge is -1.98. The third-order valence-electron chi connectivity index (χ3n) is 1.34. The lowest BCUT2D eigenvalue weighted by Crippen LogP contribution is -1.99. The molecule has 0 aliphatic carbocycles. The number of aliphatic carboxylic acids is 1. The number of nitrogens with zero attached hydrogens (tertiary/aromatic N) is 2. The Labute approximate surface area is 74.2 Å². The Morgan fingerprint density at radius 2 is 2.42 bits per heavy atom. The molecular formula is C7H7ClN2O2. The number of carboxylic acid groups (broad SMARTS) is 1. The summed E-state index contributed by atoms with van der Waals surface area (Å²) in [5.74, 6) is -0.852. The molecule has 0 aromatic carbocycles. The number of hydrogen-bond acceptors (Lipinski definition) is 3. The Bertz CT molecular complexity index is 290. The maximum Gasteiger partial charge on any atom is 0.303 e. The molecule has 64 valence electrons. The van der Waals surface area contributed by atoms with Crippen LogP contribution < -0.4 is 0 Å². The van der Waals surface area contributed by atoms with Gasteiger partial charge in [-0.15, -0.1) is 0 Å². The molecule has 5 heteroatoms. The van der Waals surface area contributed by atoms with Crippen molar-refractivity contribution in [1.29, 1.82) is 0 Å². The highest BCUT2D eigenvalue weighted by molar-refractivity contribution is 6.30. The number of rotatable bonds is 3. The maximum absolute atomic E-state index is 10.2. The lowest BCUT2D eigenvalue weighted by atomic mass is 10.2. The molecule has 0 aliphatic rings. The fourth-order valence-corrected chi connectivity index (χ4v) is 0.940. The van der Waals surface area contributed by atoms with Crippen LogP contribution >= 0.6 is 11.6 Å². The molecule has 1 N–H and O–H groups in total. The van der Waals surface area contributed by atoms with Crippen LogP contribution in [0.5, 0.6) is 0 Å². The highest BCUT2D eigenvalue weighted by Crippen LogP contribution is 2.11. The summed E-state index contributed by atoms with van der Waals surface area (Å²) in [6.07, 6.45) is 3.27. The van der Waals surface area contributed by atoms with E-state index in [4.69, 9.17) is 16.7 Å². The summed E-state index contributed by atoms with van der Waals surface area (Å²) in [5, 5.41) is 8.71. The predicted molar refractivity (Wildman–Crippen MR) is 43.0 cm³/mol. The quantitative estimate of drug-likeness (QED) is 0.720. The molecule has 1 aromatic heterocycles. The number of halogens is 1. The Morgan fingerprint density at radius 1 is 1.67 bits per heavy atom. The molecule has 12 heavy (non-hydrogen) atoms. The van der Waals surface area contributed by atoms with Gasteiger partial charge >= 0.3 is 5.97 Å². The minimum Gasteiger partial charge on any atom is -0.481 e. The van der Waals surface area contributed by atoms with Gasteiger partial charge in [-0.3, -0.25) is 4.79 Å². The van der Waals surface area contributed by atoms with Gasteiger partial charge in [-0.2, -0.15) is 0 Å². The maximum atomic E-state index is 10.2. The normalized spacial score (nSPS) is 9.75. The van der Waals surface area contributed by atoms with Crippen molar-refractivity contribution in [3.8, 4) is 0 Å². The van der Waals surface area contributed by atoms with E-state index in [0.29, 0.717) is 17.1 Å². The van der Waals surface area contributed by atoms with E-state index in [1.807, 2.05) is 0 Å². The van der Waals surface area contributed by atoms with Crippen LogP contribution in [0, 0.1) is 0 Å². The van der Waals surface area contributed by atoms with E-state index in [1.165, 1.54) is 12.5 Å². The second-order valence-corrected chi connectivity index (χ2v) is 2.59. The molecule has 1 heterocycles. The smallest absolute Gasteiger partial charge is 0.303 e. The molecule has 0 unspecified atom stereocenters. The van der Waals surface area contributed by atoms with Gasteiger partial charge in [0.1, 0.15) is 11.5 Å². The largest absolute Gasteiger partial charge is 0.481 e. The van der Waals surface area contributed by atoms with Gasteiger partial charge in [0, 0.05) is 18.2 Å². The van der Waals surface area contributed by atoms with E-state index in [1.54, 1.807) is 0 Å². The van der Waals surface area contributed by atoms with Gasteiger partial charge in [-0.05, 0) is 6.42 Å². The van der Waals surface area contributed by atoms with Crippen molar-refractivity contribution in [2.24, 2.45) is 0 Å². The molecule has 1 aromatic rings. The van der Waals surface area contributed by atoms with Crippen molar-refractivity contribution in [3.63, 3.8) is 0 Å². The summed E-state index contributed by atoms with van der Waals surface area (Å²) in [4.78, 5) is 17.7. The summed E-state index contributed by atoms with van der Waals surface area (Å²) in [7, 11) is 0. The number of carbonyl (C=O) groups is 1. The van der Waals surface area contributed by atoms with Crippen molar-refractivity contribution < 1.29 is 9.90 Å². The van der Waals surface area contributed by atoms with Crippen LogP contribution in [0.2, 0.25) is 5.15 Å². The molecule has 0 amide bonds. The van der Waals surface area contributed by atoms with Crippen LogP contribution in [-0.2, 0) is 11.2 Å². The standard InChI is InChI=1S/C7H7ClN2O2/c8-7-5(1-2-6(11)12)3-9-4-10-7/h3-4H,1-2H2,(H,11,12). The van der Waals surface area contributed by atoms with Gasteiger partial charge in [0.05, 0.1) is 0 Å². The molecule has 0 radical (unpaired) electrons. The van der Waals surface area contributed by atoms with Gasteiger partial charge in [0.15, 0.2) is 0 Å². The van der Waals surface area contributed by atoms with Gasteiger partial charge in [0.25, 0.3) is 0 Å². The van der Waals surface area contributed by atoms with E-state index >= 15 is 0 Å². The van der Waals surface area contributed by atoms with E-state index < -0.39 is 5.97 Å². The average Bonchev–Trinajstić information content (AvgIpc) is 2.03. The molecule has 0 spiro atoms. The lowest BCUT2D eigenvalue weighted by molar-refractivity contribution is -0.136. The molecule has 0 fully saturated rings.